The molecular weight excluding hydrogens is 270 g/mol. The lowest BCUT2D eigenvalue weighted by atomic mass is 9.94. The summed E-state index contributed by atoms with van der Waals surface area (Å²) in [6.07, 6.45) is 2.25. The van der Waals surface area contributed by atoms with Crippen LogP contribution in [-0.4, -0.2) is 7.11 Å². The molecule has 1 aliphatic heterocycles. The molecule has 2 atom stereocenters. The summed E-state index contributed by atoms with van der Waals surface area (Å²) in [7, 11) is 1.72. The molecule has 2 aromatic carbocycles. The molecule has 2 heteroatoms. The minimum atomic E-state index is 0.369. The van der Waals surface area contributed by atoms with Gasteiger partial charge in [-0.2, -0.15) is 0 Å². The van der Waals surface area contributed by atoms with Gasteiger partial charge in [0.05, 0.1) is 13.2 Å². The van der Waals surface area contributed by atoms with Crippen molar-refractivity contribution in [2.75, 3.05) is 12.4 Å². The number of hydrogen-bond acceptors (Lipinski definition) is 2. The van der Waals surface area contributed by atoms with Crippen LogP contribution >= 0.6 is 0 Å². The van der Waals surface area contributed by atoms with Crippen LogP contribution in [0, 0.1) is 6.92 Å². The molecule has 0 aliphatic carbocycles. The zero-order valence-corrected chi connectivity index (χ0v) is 13.9. The lowest BCUT2D eigenvalue weighted by Crippen LogP contribution is -2.07. The second kappa shape index (κ2) is 6.04. The molecule has 2 nitrogen and oxygen atoms in total. The first-order valence-electron chi connectivity index (χ1n) is 8.16. The van der Waals surface area contributed by atoms with Gasteiger partial charge in [0, 0.05) is 5.69 Å². The summed E-state index contributed by atoms with van der Waals surface area (Å²) in [5, 5.41) is 3.67. The van der Waals surface area contributed by atoms with E-state index in [9.17, 15) is 0 Å². The van der Waals surface area contributed by atoms with Gasteiger partial charge in [0.1, 0.15) is 5.75 Å². The van der Waals surface area contributed by atoms with Crippen molar-refractivity contribution in [1.82, 2.24) is 0 Å². The van der Waals surface area contributed by atoms with Crippen molar-refractivity contribution in [3.05, 3.63) is 58.7 Å². The molecule has 0 fully saturated rings. The number of anilines is 1. The minimum absolute atomic E-state index is 0.369. The van der Waals surface area contributed by atoms with E-state index in [-0.39, 0.29) is 0 Å². The summed E-state index contributed by atoms with van der Waals surface area (Å²) < 4.78 is 5.31. The lowest BCUT2D eigenvalue weighted by molar-refractivity contribution is 0.414. The molecule has 116 valence electrons. The third kappa shape index (κ3) is 2.70. The Balaban J connectivity index is 1.85. The fourth-order valence-corrected chi connectivity index (χ4v) is 3.28. The molecule has 0 saturated heterocycles. The van der Waals surface area contributed by atoms with Gasteiger partial charge < -0.3 is 10.1 Å². The predicted molar refractivity (Wildman–Crippen MR) is 92.9 cm³/mol. The van der Waals surface area contributed by atoms with Crippen molar-refractivity contribution in [3.8, 4) is 5.75 Å². The van der Waals surface area contributed by atoms with Gasteiger partial charge in [-0.1, -0.05) is 32.0 Å². The maximum atomic E-state index is 5.31. The van der Waals surface area contributed by atoms with Crippen LogP contribution in [-0.2, 0) is 6.42 Å². The average molecular weight is 295 g/mol. The van der Waals surface area contributed by atoms with Gasteiger partial charge in [-0.25, -0.2) is 0 Å². The van der Waals surface area contributed by atoms with Crippen molar-refractivity contribution in [2.24, 2.45) is 0 Å². The minimum Gasteiger partial charge on any atom is -0.497 e. The van der Waals surface area contributed by atoms with Crippen molar-refractivity contribution in [3.63, 3.8) is 0 Å². The standard InChI is InChI=1S/C20H25NO/c1-5-13(2)15-6-9-19-16(11-15)12-20(21-19)18-8-7-17(22-4)10-14(18)3/h6-11,13,20-21H,5,12H2,1-4H3. The number of benzene rings is 2. The molecule has 0 spiro atoms. The second-order valence-corrected chi connectivity index (χ2v) is 6.35. The first-order valence-corrected chi connectivity index (χ1v) is 8.16. The Hall–Kier alpha value is -1.96. The van der Waals surface area contributed by atoms with E-state index in [1.807, 2.05) is 0 Å². The Morgan fingerprint density at radius 3 is 2.73 bits per heavy atom. The fourth-order valence-electron chi connectivity index (χ4n) is 3.28. The van der Waals surface area contributed by atoms with Gasteiger partial charge >= 0.3 is 0 Å². The monoisotopic (exact) mass is 295 g/mol. The number of hydrogen-bond donors (Lipinski definition) is 1. The van der Waals surface area contributed by atoms with Crippen LogP contribution in [0.4, 0.5) is 5.69 Å². The Morgan fingerprint density at radius 1 is 1.23 bits per heavy atom. The van der Waals surface area contributed by atoms with Crippen LogP contribution in [0.1, 0.15) is 54.5 Å². The largest absolute Gasteiger partial charge is 0.497 e. The van der Waals surface area contributed by atoms with Crippen LogP contribution in [0.5, 0.6) is 5.75 Å². The number of nitrogens with one attached hydrogen (secondary N) is 1. The van der Waals surface area contributed by atoms with E-state index in [0.29, 0.717) is 12.0 Å². The molecule has 1 aliphatic rings. The van der Waals surface area contributed by atoms with E-state index < -0.39 is 0 Å². The highest BCUT2D eigenvalue weighted by Crippen LogP contribution is 2.37. The van der Waals surface area contributed by atoms with E-state index in [0.717, 1.165) is 12.2 Å². The summed E-state index contributed by atoms with van der Waals surface area (Å²) >= 11 is 0. The zero-order chi connectivity index (χ0) is 15.7. The van der Waals surface area contributed by atoms with Gasteiger partial charge in [0.2, 0.25) is 0 Å². The molecule has 0 saturated carbocycles. The molecule has 1 N–H and O–H groups in total. The fraction of sp³-hybridized carbons (Fsp3) is 0.400. The summed E-state index contributed by atoms with van der Waals surface area (Å²) in [5.41, 5.74) is 6.83. The molecule has 1 heterocycles. The Labute approximate surface area is 133 Å². The average Bonchev–Trinajstić information content (AvgIpc) is 2.96. The maximum absolute atomic E-state index is 5.31. The summed E-state index contributed by atoms with van der Waals surface area (Å²) in [6.45, 7) is 6.71. The number of ether oxygens (including phenoxy) is 1. The third-order valence-electron chi connectivity index (χ3n) is 4.92. The highest BCUT2D eigenvalue weighted by molar-refractivity contribution is 5.60. The maximum Gasteiger partial charge on any atom is 0.119 e. The van der Waals surface area contributed by atoms with Gasteiger partial charge in [0.15, 0.2) is 0 Å². The lowest BCUT2D eigenvalue weighted by Gasteiger charge is -2.15. The first-order chi connectivity index (χ1) is 10.6. The van der Waals surface area contributed by atoms with Gasteiger partial charge in [0.25, 0.3) is 0 Å². The highest BCUT2D eigenvalue weighted by atomic mass is 16.5. The number of aryl methyl sites for hydroxylation is 1. The molecule has 3 rings (SSSR count). The SMILES string of the molecule is CCC(C)c1ccc2c(c1)CC(c1ccc(OC)cc1C)N2. The molecule has 2 unspecified atom stereocenters. The van der Waals surface area contributed by atoms with E-state index >= 15 is 0 Å². The zero-order valence-electron chi connectivity index (χ0n) is 13.9. The predicted octanol–water partition coefficient (Wildman–Crippen LogP) is 5.23. The quantitative estimate of drug-likeness (QED) is 0.834. The van der Waals surface area contributed by atoms with Crippen LogP contribution in [0.3, 0.4) is 0 Å². The summed E-state index contributed by atoms with van der Waals surface area (Å²) in [6, 6.07) is 13.6. The number of fused-ring (bicyclic) bond motifs is 1. The van der Waals surface area contributed by atoms with Crippen LogP contribution in [0.15, 0.2) is 36.4 Å². The molecule has 2 aromatic rings. The van der Waals surface area contributed by atoms with Gasteiger partial charge in [-0.15, -0.1) is 0 Å². The molecular formula is C20H25NO. The molecule has 0 radical (unpaired) electrons. The molecule has 0 aromatic heterocycles. The second-order valence-electron chi connectivity index (χ2n) is 6.35. The summed E-state index contributed by atoms with van der Waals surface area (Å²) in [4.78, 5) is 0. The Morgan fingerprint density at radius 2 is 2.05 bits per heavy atom. The summed E-state index contributed by atoms with van der Waals surface area (Å²) in [5.74, 6) is 1.56. The Kier molecular flexibility index (Phi) is 4.10. The van der Waals surface area contributed by atoms with Crippen LogP contribution < -0.4 is 10.1 Å². The van der Waals surface area contributed by atoms with Crippen LogP contribution in [0.2, 0.25) is 0 Å². The third-order valence-corrected chi connectivity index (χ3v) is 4.92. The topological polar surface area (TPSA) is 21.3 Å². The van der Waals surface area contributed by atoms with Crippen LogP contribution in [0.25, 0.3) is 0 Å². The molecule has 0 amide bonds. The highest BCUT2D eigenvalue weighted by Gasteiger charge is 2.24. The van der Waals surface area contributed by atoms with Crippen molar-refractivity contribution in [2.45, 2.75) is 45.6 Å². The number of rotatable bonds is 4. The van der Waals surface area contributed by atoms with E-state index in [4.69, 9.17) is 4.74 Å². The first kappa shape index (κ1) is 15.0. The smallest absolute Gasteiger partial charge is 0.119 e. The van der Waals surface area contributed by atoms with E-state index in [1.165, 1.54) is 34.4 Å². The molecule has 0 bridgehead atoms. The van der Waals surface area contributed by atoms with Crippen molar-refractivity contribution in [1.29, 1.82) is 0 Å². The Bertz CT molecular complexity index is 677. The number of methoxy groups -OCH3 is 1. The molecule has 22 heavy (non-hydrogen) atoms. The normalized spacial score (nSPS) is 17.7. The van der Waals surface area contributed by atoms with E-state index in [1.54, 1.807) is 7.11 Å². The van der Waals surface area contributed by atoms with Gasteiger partial charge in [-0.05, 0) is 66.1 Å². The van der Waals surface area contributed by atoms with E-state index in [2.05, 4.69) is 62.5 Å². The van der Waals surface area contributed by atoms with Crippen molar-refractivity contribution >= 4 is 5.69 Å². The van der Waals surface area contributed by atoms with Crippen molar-refractivity contribution < 1.29 is 4.74 Å². The van der Waals surface area contributed by atoms with Gasteiger partial charge in [-0.3, -0.25) is 0 Å².